The van der Waals surface area contributed by atoms with Crippen LogP contribution in [0, 0.1) is 0 Å². The second-order valence-corrected chi connectivity index (χ2v) is 10.9. The number of hydrogen-bond acceptors (Lipinski definition) is 8. The summed E-state index contributed by atoms with van der Waals surface area (Å²) in [5.41, 5.74) is 0.581. The van der Waals surface area contributed by atoms with Crippen molar-refractivity contribution >= 4 is 56.0 Å². The Hall–Kier alpha value is -3.48. The predicted molar refractivity (Wildman–Crippen MR) is 144 cm³/mol. The number of nitrogens with zero attached hydrogens (tertiary/aromatic N) is 4. The maximum absolute atomic E-state index is 13.4. The second-order valence-electron chi connectivity index (χ2n) is 7.88. The van der Waals surface area contributed by atoms with Crippen molar-refractivity contribution in [1.29, 1.82) is 0 Å². The van der Waals surface area contributed by atoms with Gasteiger partial charge in [0, 0.05) is 6.54 Å². The molecule has 0 unspecified atom stereocenters. The molecule has 13 heteroatoms. The van der Waals surface area contributed by atoms with Crippen LogP contribution in [-0.2, 0) is 14.8 Å². The first kappa shape index (κ1) is 26.6. The third-order valence-corrected chi connectivity index (χ3v) is 7.72. The van der Waals surface area contributed by atoms with Crippen molar-refractivity contribution in [3.05, 3.63) is 76.2 Å². The lowest BCUT2D eigenvalue weighted by Gasteiger charge is -2.14. The lowest BCUT2D eigenvalue weighted by atomic mass is 10.2. The summed E-state index contributed by atoms with van der Waals surface area (Å²) < 4.78 is 29.3. The summed E-state index contributed by atoms with van der Waals surface area (Å²) in [6, 6.07) is 15.5. The van der Waals surface area contributed by atoms with E-state index in [9.17, 15) is 18.0 Å². The van der Waals surface area contributed by atoms with E-state index in [2.05, 4.69) is 25.2 Å². The number of carbonyl (C=O) groups excluding carboxylic acids is 1. The Morgan fingerprint density at radius 1 is 1.05 bits per heavy atom. The minimum absolute atomic E-state index is 0.0133. The molecule has 0 atom stereocenters. The van der Waals surface area contributed by atoms with E-state index in [-0.39, 0.29) is 33.1 Å². The molecule has 0 fully saturated rings. The largest absolute Gasteiger partial charge is 0.355 e. The minimum atomic E-state index is -3.97. The predicted octanol–water partition coefficient (Wildman–Crippen LogP) is 3.64. The molecule has 0 aliphatic rings. The standard InChI is InChI=1S/C24H23ClN6O4S2/c1-2-3-14-26-22(32)15-36-24-27-19-7-5-4-6-18(19)23(33)31(24)16-8-10-17(11-9-16)37(34,35)30-21-13-12-20(25)28-29-21/h4-13H,2-3,14-15H2,1H3,(H,26,32)(H,29,30). The van der Waals surface area contributed by atoms with E-state index in [0.29, 0.717) is 28.3 Å². The van der Waals surface area contributed by atoms with Crippen molar-refractivity contribution in [3.63, 3.8) is 0 Å². The van der Waals surface area contributed by atoms with Gasteiger partial charge in [0.15, 0.2) is 16.1 Å². The first-order valence-corrected chi connectivity index (χ1v) is 14.2. The van der Waals surface area contributed by atoms with Crippen molar-refractivity contribution in [2.45, 2.75) is 29.8 Å². The molecule has 1 amide bonds. The zero-order valence-electron chi connectivity index (χ0n) is 19.7. The van der Waals surface area contributed by atoms with Crippen LogP contribution in [0.2, 0.25) is 5.15 Å². The highest BCUT2D eigenvalue weighted by atomic mass is 35.5. The van der Waals surface area contributed by atoms with Gasteiger partial charge in [0.2, 0.25) is 5.91 Å². The lowest BCUT2D eigenvalue weighted by molar-refractivity contribution is -0.118. The first-order chi connectivity index (χ1) is 17.8. The van der Waals surface area contributed by atoms with Crippen LogP contribution in [0.5, 0.6) is 0 Å². The van der Waals surface area contributed by atoms with Crippen LogP contribution in [-0.4, -0.2) is 46.4 Å². The number of hydrogen-bond donors (Lipinski definition) is 2. The number of carbonyl (C=O) groups is 1. The normalized spacial score (nSPS) is 11.4. The van der Waals surface area contributed by atoms with E-state index in [1.807, 2.05) is 6.92 Å². The van der Waals surface area contributed by atoms with Gasteiger partial charge in [0.05, 0.1) is 27.2 Å². The van der Waals surface area contributed by atoms with E-state index in [1.165, 1.54) is 41.0 Å². The Kier molecular flexibility index (Phi) is 8.41. The number of nitrogens with one attached hydrogen (secondary N) is 2. The molecule has 37 heavy (non-hydrogen) atoms. The van der Waals surface area contributed by atoms with Gasteiger partial charge < -0.3 is 5.32 Å². The summed E-state index contributed by atoms with van der Waals surface area (Å²) in [4.78, 5) is 30.2. The molecule has 0 aliphatic carbocycles. The molecule has 2 heterocycles. The van der Waals surface area contributed by atoms with E-state index in [4.69, 9.17) is 11.6 Å². The highest BCUT2D eigenvalue weighted by Crippen LogP contribution is 2.23. The Morgan fingerprint density at radius 2 is 1.81 bits per heavy atom. The summed E-state index contributed by atoms with van der Waals surface area (Å²) in [6.07, 6.45) is 1.84. The third-order valence-electron chi connectivity index (χ3n) is 5.21. The van der Waals surface area contributed by atoms with Gasteiger partial charge >= 0.3 is 0 Å². The number of halogens is 1. The number of anilines is 1. The topological polar surface area (TPSA) is 136 Å². The molecule has 0 saturated heterocycles. The maximum Gasteiger partial charge on any atom is 0.266 e. The number of amides is 1. The quantitative estimate of drug-likeness (QED) is 0.171. The lowest BCUT2D eigenvalue weighted by Crippen LogP contribution is -2.27. The molecule has 192 valence electrons. The molecular weight excluding hydrogens is 536 g/mol. The van der Waals surface area contributed by atoms with Crippen LogP contribution >= 0.6 is 23.4 Å². The number of thioether (sulfide) groups is 1. The SMILES string of the molecule is CCCCNC(=O)CSc1nc2ccccc2c(=O)n1-c1ccc(S(=O)(=O)Nc2ccc(Cl)nn2)cc1. The molecule has 0 radical (unpaired) electrons. The van der Waals surface area contributed by atoms with Gasteiger partial charge in [0.25, 0.3) is 15.6 Å². The fourth-order valence-electron chi connectivity index (χ4n) is 3.36. The second kappa shape index (κ2) is 11.7. The van der Waals surface area contributed by atoms with Crippen LogP contribution in [0.15, 0.2) is 75.5 Å². The van der Waals surface area contributed by atoms with Crippen molar-refractivity contribution < 1.29 is 13.2 Å². The van der Waals surface area contributed by atoms with Gasteiger partial charge in [-0.05, 0) is 55.0 Å². The molecule has 0 saturated carbocycles. The Balaban J connectivity index is 1.65. The zero-order valence-corrected chi connectivity index (χ0v) is 22.1. The number of aromatic nitrogens is 4. The minimum Gasteiger partial charge on any atom is -0.355 e. The average Bonchev–Trinajstić information content (AvgIpc) is 2.89. The Morgan fingerprint density at radius 3 is 2.51 bits per heavy atom. The van der Waals surface area contributed by atoms with Crippen LogP contribution in [0.4, 0.5) is 5.82 Å². The maximum atomic E-state index is 13.4. The molecule has 4 aromatic rings. The molecule has 0 aliphatic heterocycles. The van der Waals surface area contributed by atoms with Gasteiger partial charge in [-0.3, -0.25) is 18.9 Å². The summed E-state index contributed by atoms with van der Waals surface area (Å²) in [7, 11) is -3.97. The van der Waals surface area contributed by atoms with E-state index in [1.54, 1.807) is 24.3 Å². The molecule has 10 nitrogen and oxygen atoms in total. The Bertz CT molecular complexity index is 1580. The van der Waals surface area contributed by atoms with Crippen molar-refractivity contribution in [2.24, 2.45) is 0 Å². The molecular formula is C24H23ClN6O4S2. The number of fused-ring (bicyclic) bond motifs is 1. The highest BCUT2D eigenvalue weighted by molar-refractivity contribution is 7.99. The number of benzene rings is 2. The van der Waals surface area contributed by atoms with Crippen molar-refractivity contribution in [3.8, 4) is 5.69 Å². The van der Waals surface area contributed by atoms with E-state index in [0.717, 1.165) is 24.6 Å². The van der Waals surface area contributed by atoms with Crippen LogP contribution in [0.1, 0.15) is 19.8 Å². The number of para-hydroxylation sites is 1. The van der Waals surface area contributed by atoms with Gasteiger partial charge in [-0.15, -0.1) is 10.2 Å². The highest BCUT2D eigenvalue weighted by Gasteiger charge is 2.18. The number of sulfonamides is 1. The molecule has 2 aromatic carbocycles. The first-order valence-electron chi connectivity index (χ1n) is 11.3. The van der Waals surface area contributed by atoms with Crippen LogP contribution in [0.3, 0.4) is 0 Å². The summed E-state index contributed by atoms with van der Waals surface area (Å²) >= 11 is 6.83. The van der Waals surface area contributed by atoms with Crippen LogP contribution in [0.25, 0.3) is 16.6 Å². The van der Waals surface area contributed by atoms with E-state index < -0.39 is 10.0 Å². The fourth-order valence-corrected chi connectivity index (χ4v) is 5.30. The zero-order chi connectivity index (χ0) is 26.4. The number of unbranched alkanes of at least 4 members (excludes halogenated alkanes) is 1. The summed E-state index contributed by atoms with van der Waals surface area (Å²) in [6.45, 7) is 2.62. The van der Waals surface area contributed by atoms with Gasteiger partial charge in [-0.1, -0.05) is 48.8 Å². The molecule has 2 aromatic heterocycles. The monoisotopic (exact) mass is 558 g/mol. The van der Waals surface area contributed by atoms with Gasteiger partial charge in [-0.25, -0.2) is 13.4 Å². The smallest absolute Gasteiger partial charge is 0.266 e. The molecule has 2 N–H and O–H groups in total. The van der Waals surface area contributed by atoms with Gasteiger partial charge in [0.1, 0.15) is 0 Å². The number of rotatable bonds is 10. The summed E-state index contributed by atoms with van der Waals surface area (Å²) in [5.74, 6) is -0.0722. The third kappa shape index (κ3) is 6.45. The molecule has 0 spiro atoms. The van der Waals surface area contributed by atoms with Crippen molar-refractivity contribution in [1.82, 2.24) is 25.1 Å². The van der Waals surface area contributed by atoms with Crippen molar-refractivity contribution in [2.75, 3.05) is 17.0 Å². The fraction of sp³-hybridized carbons (Fsp3) is 0.208. The van der Waals surface area contributed by atoms with Crippen LogP contribution < -0.4 is 15.6 Å². The average molecular weight is 559 g/mol. The van der Waals surface area contributed by atoms with Gasteiger partial charge in [-0.2, -0.15) is 0 Å². The molecule has 4 rings (SSSR count). The summed E-state index contributed by atoms with van der Waals surface area (Å²) in [5, 5.41) is 11.0. The Labute approximate surface area is 222 Å². The molecule has 0 bridgehead atoms. The van der Waals surface area contributed by atoms with E-state index >= 15 is 0 Å².